The number of amides is 1. The average molecular weight is 372 g/mol. The van der Waals surface area contributed by atoms with Crippen molar-refractivity contribution in [3.05, 3.63) is 66.2 Å². The van der Waals surface area contributed by atoms with Gasteiger partial charge in [-0.1, -0.05) is 30.3 Å². The van der Waals surface area contributed by atoms with E-state index in [0.29, 0.717) is 28.3 Å². The summed E-state index contributed by atoms with van der Waals surface area (Å²) < 4.78 is 16.8. The molecular weight excluding hydrogens is 356 g/mol. The van der Waals surface area contributed by atoms with Crippen molar-refractivity contribution < 1.29 is 18.7 Å². The summed E-state index contributed by atoms with van der Waals surface area (Å²) in [6.07, 6.45) is 0. The number of carbonyl (C=O) groups is 1. The zero-order valence-corrected chi connectivity index (χ0v) is 15.1. The smallest absolute Gasteiger partial charge is 0.262 e. The first-order valence-electron chi connectivity index (χ1n) is 8.60. The topological polar surface area (TPSA) is 84.5 Å². The number of nitriles is 1. The first kappa shape index (κ1) is 17.4. The molecule has 0 bridgehead atoms. The predicted octanol–water partition coefficient (Wildman–Crippen LogP) is 4.48. The molecule has 0 aliphatic rings. The molecule has 0 spiro atoms. The Balaban J connectivity index is 1.57. The number of benzene rings is 3. The lowest BCUT2D eigenvalue weighted by atomic mass is 10.1. The van der Waals surface area contributed by atoms with Gasteiger partial charge in [-0.3, -0.25) is 4.79 Å². The molecule has 6 nitrogen and oxygen atoms in total. The Labute approximate surface area is 160 Å². The summed E-state index contributed by atoms with van der Waals surface area (Å²) in [6, 6.07) is 20.1. The standard InChI is InChI=1S/C22H16N2O4/c1-26-21-10-16-15-7-3-5-9-19(15)28-20(16)11-17(21)24-22(25)13-27-18-8-4-2-6-14(18)12-23/h2-11H,13H2,1H3,(H,24,25). The number of nitrogens with one attached hydrogen (secondary N) is 1. The number of fused-ring (bicyclic) bond motifs is 3. The summed E-state index contributed by atoms with van der Waals surface area (Å²) in [7, 11) is 1.54. The summed E-state index contributed by atoms with van der Waals surface area (Å²) in [5, 5.41) is 13.7. The number of para-hydroxylation sites is 2. The second-order valence-corrected chi connectivity index (χ2v) is 6.09. The van der Waals surface area contributed by atoms with Crippen molar-refractivity contribution in [1.29, 1.82) is 5.26 Å². The van der Waals surface area contributed by atoms with Gasteiger partial charge in [-0.25, -0.2) is 0 Å². The predicted molar refractivity (Wildman–Crippen MR) is 106 cm³/mol. The normalized spacial score (nSPS) is 10.6. The van der Waals surface area contributed by atoms with Gasteiger partial charge >= 0.3 is 0 Å². The van der Waals surface area contributed by atoms with Crippen LogP contribution in [0.4, 0.5) is 5.69 Å². The molecule has 0 unspecified atom stereocenters. The maximum Gasteiger partial charge on any atom is 0.262 e. The molecule has 0 fully saturated rings. The zero-order chi connectivity index (χ0) is 19.5. The van der Waals surface area contributed by atoms with Crippen molar-refractivity contribution in [3.8, 4) is 17.6 Å². The minimum atomic E-state index is -0.374. The molecule has 0 atom stereocenters. The van der Waals surface area contributed by atoms with Crippen molar-refractivity contribution in [2.24, 2.45) is 0 Å². The Bertz CT molecular complexity index is 1220. The lowest BCUT2D eigenvalue weighted by Gasteiger charge is -2.11. The summed E-state index contributed by atoms with van der Waals surface area (Å²) >= 11 is 0. The molecule has 4 aromatic rings. The molecule has 3 aromatic carbocycles. The minimum absolute atomic E-state index is 0.236. The van der Waals surface area contributed by atoms with E-state index in [9.17, 15) is 4.79 Å². The van der Waals surface area contributed by atoms with Gasteiger partial charge in [0.05, 0.1) is 18.4 Å². The molecule has 1 N–H and O–H groups in total. The van der Waals surface area contributed by atoms with Gasteiger partial charge in [0.25, 0.3) is 5.91 Å². The van der Waals surface area contributed by atoms with E-state index < -0.39 is 0 Å². The van der Waals surface area contributed by atoms with Gasteiger partial charge in [-0.05, 0) is 24.3 Å². The fourth-order valence-electron chi connectivity index (χ4n) is 3.03. The second kappa shape index (κ2) is 7.33. The van der Waals surface area contributed by atoms with Gasteiger partial charge in [0.2, 0.25) is 0 Å². The molecule has 28 heavy (non-hydrogen) atoms. The van der Waals surface area contributed by atoms with Crippen LogP contribution in [0.15, 0.2) is 65.1 Å². The first-order chi connectivity index (χ1) is 13.7. The molecule has 4 rings (SSSR count). The Morgan fingerprint density at radius 1 is 1.04 bits per heavy atom. The maximum absolute atomic E-state index is 12.4. The van der Waals surface area contributed by atoms with Crippen LogP contribution in [0.5, 0.6) is 11.5 Å². The van der Waals surface area contributed by atoms with E-state index >= 15 is 0 Å². The highest BCUT2D eigenvalue weighted by molar-refractivity contribution is 6.07. The Hall–Kier alpha value is -3.98. The molecule has 0 radical (unpaired) electrons. The van der Waals surface area contributed by atoms with E-state index in [2.05, 4.69) is 5.32 Å². The Morgan fingerprint density at radius 2 is 1.82 bits per heavy atom. The highest BCUT2D eigenvalue weighted by Gasteiger charge is 2.14. The molecule has 0 aliphatic heterocycles. The molecule has 1 heterocycles. The van der Waals surface area contributed by atoms with Gasteiger partial charge in [-0.15, -0.1) is 0 Å². The third kappa shape index (κ3) is 3.21. The fraction of sp³-hybridized carbons (Fsp3) is 0.0909. The lowest BCUT2D eigenvalue weighted by molar-refractivity contribution is -0.118. The van der Waals surface area contributed by atoms with E-state index in [1.807, 2.05) is 36.4 Å². The van der Waals surface area contributed by atoms with Crippen LogP contribution in [0, 0.1) is 11.3 Å². The number of hydrogen-bond donors (Lipinski definition) is 1. The monoisotopic (exact) mass is 372 g/mol. The van der Waals surface area contributed by atoms with E-state index in [1.165, 1.54) is 0 Å². The zero-order valence-electron chi connectivity index (χ0n) is 15.1. The van der Waals surface area contributed by atoms with Crippen molar-refractivity contribution in [2.45, 2.75) is 0 Å². The van der Waals surface area contributed by atoms with Crippen LogP contribution in [-0.4, -0.2) is 19.6 Å². The fourth-order valence-corrected chi connectivity index (χ4v) is 3.03. The molecule has 0 saturated carbocycles. The van der Waals surface area contributed by atoms with Gasteiger partial charge in [0.1, 0.15) is 28.7 Å². The highest BCUT2D eigenvalue weighted by Crippen LogP contribution is 2.36. The van der Waals surface area contributed by atoms with Crippen LogP contribution in [0.1, 0.15) is 5.56 Å². The second-order valence-electron chi connectivity index (χ2n) is 6.09. The number of hydrogen-bond acceptors (Lipinski definition) is 5. The third-order valence-electron chi connectivity index (χ3n) is 4.34. The highest BCUT2D eigenvalue weighted by atomic mass is 16.5. The van der Waals surface area contributed by atoms with E-state index in [0.717, 1.165) is 16.4 Å². The van der Waals surface area contributed by atoms with Crippen molar-refractivity contribution >= 4 is 33.5 Å². The van der Waals surface area contributed by atoms with Crippen LogP contribution in [0.3, 0.4) is 0 Å². The van der Waals surface area contributed by atoms with Crippen molar-refractivity contribution in [2.75, 3.05) is 19.0 Å². The van der Waals surface area contributed by atoms with Crippen LogP contribution in [0.25, 0.3) is 21.9 Å². The number of methoxy groups -OCH3 is 1. The number of ether oxygens (including phenoxy) is 2. The van der Waals surface area contributed by atoms with Crippen LogP contribution < -0.4 is 14.8 Å². The SMILES string of the molecule is COc1cc2c(cc1NC(=O)COc1ccccc1C#N)oc1ccccc12. The first-order valence-corrected chi connectivity index (χ1v) is 8.60. The number of furan rings is 1. The van der Waals surface area contributed by atoms with Crippen LogP contribution >= 0.6 is 0 Å². The molecular formula is C22H16N2O4. The maximum atomic E-state index is 12.4. The molecule has 1 amide bonds. The number of carbonyl (C=O) groups excluding carboxylic acids is 1. The van der Waals surface area contributed by atoms with Gasteiger partial charge in [-0.2, -0.15) is 5.26 Å². The van der Waals surface area contributed by atoms with Crippen molar-refractivity contribution in [3.63, 3.8) is 0 Å². The van der Waals surface area contributed by atoms with E-state index in [1.54, 1.807) is 37.4 Å². The summed E-state index contributed by atoms with van der Waals surface area (Å²) in [6.45, 7) is -0.236. The van der Waals surface area contributed by atoms with Crippen LogP contribution in [-0.2, 0) is 4.79 Å². The number of nitrogens with zero attached hydrogens (tertiary/aromatic N) is 1. The Kier molecular flexibility index (Phi) is 4.56. The minimum Gasteiger partial charge on any atom is -0.495 e. The van der Waals surface area contributed by atoms with Gasteiger partial charge in [0.15, 0.2) is 6.61 Å². The summed E-state index contributed by atoms with van der Waals surface area (Å²) in [5.41, 5.74) is 2.26. The van der Waals surface area contributed by atoms with E-state index in [-0.39, 0.29) is 12.5 Å². The number of anilines is 1. The van der Waals surface area contributed by atoms with Gasteiger partial charge < -0.3 is 19.2 Å². The molecule has 0 aliphatic carbocycles. The van der Waals surface area contributed by atoms with Gasteiger partial charge in [0, 0.05) is 16.8 Å². The number of rotatable bonds is 5. The average Bonchev–Trinajstić information content (AvgIpc) is 3.09. The molecule has 0 saturated heterocycles. The third-order valence-corrected chi connectivity index (χ3v) is 4.34. The van der Waals surface area contributed by atoms with Crippen LogP contribution in [0.2, 0.25) is 0 Å². The quantitative estimate of drug-likeness (QED) is 0.558. The molecule has 6 heteroatoms. The summed E-state index contributed by atoms with van der Waals surface area (Å²) in [5.74, 6) is 0.506. The lowest BCUT2D eigenvalue weighted by Crippen LogP contribution is -2.20. The largest absolute Gasteiger partial charge is 0.495 e. The Morgan fingerprint density at radius 3 is 2.64 bits per heavy atom. The van der Waals surface area contributed by atoms with E-state index in [4.69, 9.17) is 19.2 Å². The molecule has 138 valence electrons. The summed E-state index contributed by atoms with van der Waals surface area (Å²) in [4.78, 5) is 12.4. The van der Waals surface area contributed by atoms with Crippen molar-refractivity contribution in [1.82, 2.24) is 0 Å². The molecule has 1 aromatic heterocycles.